The standard InChI is InChI=1S/C10H19NO5/c1-5-8(11(3)6(2)13)10(15)9(14)7(4-12)16-5/h5,7-10,12,14-15H,4H2,1-3H3/t5-,7?,8?,9+,10?/m0/s1. The minimum absolute atomic E-state index is 0.214. The molecule has 1 saturated heterocycles. The Morgan fingerprint density at radius 3 is 2.38 bits per heavy atom. The van der Waals surface area contributed by atoms with Gasteiger partial charge in [0.15, 0.2) is 0 Å². The summed E-state index contributed by atoms with van der Waals surface area (Å²) in [7, 11) is 1.54. The van der Waals surface area contributed by atoms with Gasteiger partial charge >= 0.3 is 0 Å². The van der Waals surface area contributed by atoms with Gasteiger partial charge in [-0.2, -0.15) is 0 Å². The summed E-state index contributed by atoms with van der Waals surface area (Å²) in [5.41, 5.74) is 0. The summed E-state index contributed by atoms with van der Waals surface area (Å²) in [6.07, 6.45) is -3.55. The summed E-state index contributed by atoms with van der Waals surface area (Å²) in [6.45, 7) is 2.71. The fourth-order valence-electron chi connectivity index (χ4n) is 2.04. The molecule has 6 nitrogen and oxygen atoms in total. The summed E-state index contributed by atoms with van der Waals surface area (Å²) in [5.74, 6) is -0.214. The largest absolute Gasteiger partial charge is 0.394 e. The van der Waals surface area contributed by atoms with Crippen LogP contribution in [0.2, 0.25) is 0 Å². The first-order chi connectivity index (χ1) is 7.40. The van der Waals surface area contributed by atoms with Crippen LogP contribution in [0, 0.1) is 0 Å². The molecule has 1 aliphatic rings. The van der Waals surface area contributed by atoms with Crippen LogP contribution in [-0.2, 0) is 9.53 Å². The van der Waals surface area contributed by atoms with Crippen LogP contribution in [0.3, 0.4) is 0 Å². The van der Waals surface area contributed by atoms with E-state index in [9.17, 15) is 15.0 Å². The summed E-state index contributed by atoms with van der Waals surface area (Å²) in [5, 5.41) is 28.5. The zero-order valence-electron chi connectivity index (χ0n) is 9.70. The third-order valence-corrected chi connectivity index (χ3v) is 3.07. The molecule has 0 aromatic carbocycles. The van der Waals surface area contributed by atoms with Crippen LogP contribution >= 0.6 is 0 Å². The van der Waals surface area contributed by atoms with E-state index in [1.54, 1.807) is 14.0 Å². The summed E-state index contributed by atoms with van der Waals surface area (Å²) < 4.78 is 5.35. The molecule has 94 valence electrons. The first-order valence-corrected chi connectivity index (χ1v) is 5.26. The molecule has 0 aromatic rings. The van der Waals surface area contributed by atoms with E-state index in [-0.39, 0.29) is 12.5 Å². The van der Waals surface area contributed by atoms with Gasteiger partial charge < -0.3 is 25.0 Å². The molecule has 1 fully saturated rings. The van der Waals surface area contributed by atoms with Gasteiger partial charge in [0, 0.05) is 14.0 Å². The molecule has 6 heteroatoms. The highest BCUT2D eigenvalue weighted by Crippen LogP contribution is 2.24. The molecule has 1 amide bonds. The summed E-state index contributed by atoms with van der Waals surface area (Å²) >= 11 is 0. The highest BCUT2D eigenvalue weighted by atomic mass is 16.5. The minimum atomic E-state index is -1.19. The number of aliphatic hydroxyl groups is 3. The van der Waals surface area contributed by atoms with Gasteiger partial charge in [-0.15, -0.1) is 0 Å². The molecule has 16 heavy (non-hydrogen) atoms. The smallest absolute Gasteiger partial charge is 0.219 e. The Morgan fingerprint density at radius 2 is 1.94 bits per heavy atom. The van der Waals surface area contributed by atoms with Crippen molar-refractivity contribution in [3.63, 3.8) is 0 Å². The first kappa shape index (κ1) is 13.4. The second kappa shape index (κ2) is 5.09. The maximum Gasteiger partial charge on any atom is 0.219 e. The molecule has 1 aliphatic heterocycles. The van der Waals surface area contributed by atoms with E-state index in [2.05, 4.69) is 0 Å². The van der Waals surface area contributed by atoms with Gasteiger partial charge in [-0.25, -0.2) is 0 Å². The van der Waals surface area contributed by atoms with Gasteiger partial charge in [0.1, 0.15) is 18.3 Å². The molecule has 0 spiro atoms. The Labute approximate surface area is 94.4 Å². The van der Waals surface area contributed by atoms with Crippen LogP contribution in [0.4, 0.5) is 0 Å². The molecule has 3 unspecified atom stereocenters. The molecule has 1 heterocycles. The van der Waals surface area contributed by atoms with Crippen LogP contribution in [-0.4, -0.2) is 70.2 Å². The van der Waals surface area contributed by atoms with Gasteiger partial charge in [-0.05, 0) is 6.92 Å². The lowest BCUT2D eigenvalue weighted by atomic mass is 9.92. The van der Waals surface area contributed by atoms with Crippen molar-refractivity contribution in [2.75, 3.05) is 13.7 Å². The van der Waals surface area contributed by atoms with Gasteiger partial charge in [-0.1, -0.05) is 0 Å². The zero-order valence-corrected chi connectivity index (χ0v) is 9.70. The predicted molar refractivity (Wildman–Crippen MR) is 55.7 cm³/mol. The van der Waals surface area contributed by atoms with Crippen molar-refractivity contribution >= 4 is 5.91 Å². The maximum absolute atomic E-state index is 11.2. The van der Waals surface area contributed by atoms with Crippen molar-refractivity contribution < 1.29 is 24.9 Å². The van der Waals surface area contributed by atoms with Crippen molar-refractivity contribution in [3.05, 3.63) is 0 Å². The number of carbonyl (C=O) groups excluding carboxylic acids is 1. The topological polar surface area (TPSA) is 90.2 Å². The number of hydrogen-bond donors (Lipinski definition) is 3. The van der Waals surface area contributed by atoms with Crippen LogP contribution in [0.15, 0.2) is 0 Å². The normalized spacial score (nSPS) is 39.5. The van der Waals surface area contributed by atoms with Gasteiger partial charge in [0.05, 0.1) is 18.8 Å². The molecule has 0 radical (unpaired) electrons. The predicted octanol–water partition coefficient (Wildman–Crippen LogP) is -1.67. The SMILES string of the molecule is CC(=O)N(C)C1C(O)[C@H](O)C(CO)O[C@H]1C. The molecule has 0 aromatic heterocycles. The monoisotopic (exact) mass is 233 g/mol. The zero-order chi connectivity index (χ0) is 12.5. The van der Waals surface area contributed by atoms with Gasteiger partial charge in [-0.3, -0.25) is 4.79 Å². The molecule has 1 rings (SSSR count). The van der Waals surface area contributed by atoms with Crippen molar-refractivity contribution in [2.24, 2.45) is 0 Å². The van der Waals surface area contributed by atoms with E-state index < -0.39 is 30.5 Å². The second-order valence-corrected chi connectivity index (χ2v) is 4.16. The lowest BCUT2D eigenvalue weighted by Crippen LogP contribution is -2.63. The fourth-order valence-corrected chi connectivity index (χ4v) is 2.04. The first-order valence-electron chi connectivity index (χ1n) is 5.26. The van der Waals surface area contributed by atoms with E-state index in [4.69, 9.17) is 9.84 Å². The van der Waals surface area contributed by atoms with E-state index in [0.717, 1.165) is 0 Å². The van der Waals surface area contributed by atoms with Crippen molar-refractivity contribution in [2.45, 2.75) is 44.3 Å². The van der Waals surface area contributed by atoms with Crippen LogP contribution in [0.25, 0.3) is 0 Å². The van der Waals surface area contributed by atoms with E-state index >= 15 is 0 Å². The van der Waals surface area contributed by atoms with Crippen LogP contribution < -0.4 is 0 Å². The average Bonchev–Trinajstić information content (AvgIpc) is 2.23. The number of aliphatic hydroxyl groups excluding tert-OH is 3. The van der Waals surface area contributed by atoms with E-state index in [1.165, 1.54) is 11.8 Å². The highest BCUT2D eigenvalue weighted by molar-refractivity contribution is 5.73. The van der Waals surface area contributed by atoms with Crippen LogP contribution in [0.1, 0.15) is 13.8 Å². The third-order valence-electron chi connectivity index (χ3n) is 3.07. The Balaban J connectivity index is 2.83. The number of nitrogens with zero attached hydrogens (tertiary/aromatic N) is 1. The van der Waals surface area contributed by atoms with E-state index in [0.29, 0.717) is 0 Å². The molecular weight excluding hydrogens is 214 g/mol. The molecule has 0 saturated carbocycles. The number of likely N-dealkylation sites (N-methyl/N-ethyl adjacent to an activating group) is 1. The van der Waals surface area contributed by atoms with Crippen molar-refractivity contribution in [1.29, 1.82) is 0 Å². The number of hydrogen-bond acceptors (Lipinski definition) is 5. The van der Waals surface area contributed by atoms with Gasteiger partial charge in [0.2, 0.25) is 5.91 Å². The van der Waals surface area contributed by atoms with Crippen LogP contribution in [0.5, 0.6) is 0 Å². The average molecular weight is 233 g/mol. The van der Waals surface area contributed by atoms with Crippen molar-refractivity contribution in [1.82, 2.24) is 4.90 Å². The quantitative estimate of drug-likeness (QED) is 0.531. The number of carbonyl (C=O) groups is 1. The lowest BCUT2D eigenvalue weighted by Gasteiger charge is -2.44. The minimum Gasteiger partial charge on any atom is -0.394 e. The molecule has 0 bridgehead atoms. The highest BCUT2D eigenvalue weighted by Gasteiger charge is 2.44. The number of amides is 1. The molecule has 0 aliphatic carbocycles. The molecule has 3 N–H and O–H groups in total. The Kier molecular flexibility index (Phi) is 4.26. The Bertz CT molecular complexity index is 260. The second-order valence-electron chi connectivity index (χ2n) is 4.16. The summed E-state index contributed by atoms with van der Waals surface area (Å²) in [6, 6.07) is -0.602. The van der Waals surface area contributed by atoms with Crippen molar-refractivity contribution in [3.8, 4) is 0 Å². The molecule has 5 atom stereocenters. The Hall–Kier alpha value is -0.690. The number of ether oxygens (including phenoxy) is 1. The lowest BCUT2D eigenvalue weighted by molar-refractivity contribution is -0.207. The maximum atomic E-state index is 11.2. The number of rotatable bonds is 2. The van der Waals surface area contributed by atoms with Gasteiger partial charge in [0.25, 0.3) is 0 Å². The third kappa shape index (κ3) is 2.35. The Morgan fingerprint density at radius 1 is 1.38 bits per heavy atom. The van der Waals surface area contributed by atoms with E-state index in [1.807, 2.05) is 0 Å². The fraction of sp³-hybridized carbons (Fsp3) is 0.900. The molecular formula is C10H19NO5. The summed E-state index contributed by atoms with van der Waals surface area (Å²) in [4.78, 5) is 12.6.